The van der Waals surface area contributed by atoms with Crippen LogP contribution in [0.15, 0.2) is 4.99 Å². The number of unbranched alkanes of at least 4 members (excludes halogenated alkanes) is 9. The molecule has 2 unspecified atom stereocenters. The van der Waals surface area contributed by atoms with Gasteiger partial charge in [0.1, 0.15) is 18.5 Å². The summed E-state index contributed by atoms with van der Waals surface area (Å²) < 4.78 is 0. The van der Waals surface area contributed by atoms with E-state index < -0.39 is 12.2 Å². The van der Waals surface area contributed by atoms with Crippen molar-refractivity contribution < 1.29 is 15.0 Å². The molecule has 5 heteroatoms. The molecule has 0 spiro atoms. The van der Waals surface area contributed by atoms with Gasteiger partial charge in [0.25, 0.3) is 0 Å². The quantitative estimate of drug-likeness (QED) is 0.465. The van der Waals surface area contributed by atoms with Crippen molar-refractivity contribution in [1.82, 2.24) is 4.90 Å². The van der Waals surface area contributed by atoms with Gasteiger partial charge in [-0.25, -0.2) is 0 Å². The van der Waals surface area contributed by atoms with Crippen LogP contribution in [0.25, 0.3) is 0 Å². The Kier molecular flexibility index (Phi) is 10.7. The van der Waals surface area contributed by atoms with Crippen LogP contribution in [0.1, 0.15) is 90.9 Å². The standard InChI is InChI=1S/C19H36N2O3/c1-3-4-5-6-7-8-9-10-11-12-13-17-15-21(16(2)22)18(20-17)14-19(23)24/h16-17,22H,3-15H2,1-2H3,(H,23,24). The first-order chi connectivity index (χ1) is 11.5. The van der Waals surface area contributed by atoms with Crippen molar-refractivity contribution in [3.63, 3.8) is 0 Å². The summed E-state index contributed by atoms with van der Waals surface area (Å²) in [4.78, 5) is 17.1. The van der Waals surface area contributed by atoms with E-state index in [1.165, 1.54) is 57.8 Å². The molecular weight excluding hydrogens is 304 g/mol. The number of carboxylic acid groups (broad SMARTS) is 1. The number of nitrogens with zero attached hydrogens (tertiary/aromatic N) is 2. The van der Waals surface area contributed by atoms with Crippen molar-refractivity contribution in [2.24, 2.45) is 4.99 Å². The highest BCUT2D eigenvalue weighted by molar-refractivity contribution is 5.97. The lowest BCUT2D eigenvalue weighted by Gasteiger charge is -2.23. The Morgan fingerprint density at radius 1 is 1.12 bits per heavy atom. The molecule has 0 aromatic heterocycles. The second-order valence-electron chi connectivity index (χ2n) is 7.02. The molecule has 2 atom stereocenters. The van der Waals surface area contributed by atoms with Gasteiger partial charge in [-0.3, -0.25) is 9.79 Å². The number of rotatable bonds is 14. The molecular formula is C19H36N2O3. The summed E-state index contributed by atoms with van der Waals surface area (Å²) >= 11 is 0. The van der Waals surface area contributed by atoms with E-state index in [0.29, 0.717) is 12.4 Å². The van der Waals surface area contributed by atoms with Crippen LogP contribution in [0, 0.1) is 0 Å². The third kappa shape index (κ3) is 8.67. The predicted molar refractivity (Wildman–Crippen MR) is 98.3 cm³/mol. The van der Waals surface area contributed by atoms with Gasteiger partial charge in [-0.2, -0.15) is 0 Å². The minimum absolute atomic E-state index is 0.0978. The monoisotopic (exact) mass is 340 g/mol. The molecule has 0 radical (unpaired) electrons. The van der Waals surface area contributed by atoms with E-state index in [9.17, 15) is 9.90 Å². The maximum absolute atomic E-state index is 10.9. The third-order valence-electron chi connectivity index (χ3n) is 4.72. The number of carbonyl (C=O) groups is 1. The second kappa shape index (κ2) is 12.3. The molecule has 0 fully saturated rings. The molecule has 2 N–H and O–H groups in total. The molecule has 0 aromatic rings. The molecule has 1 aliphatic rings. The summed E-state index contributed by atoms with van der Waals surface area (Å²) in [6.45, 7) is 4.57. The Balaban J connectivity index is 2.10. The first-order valence-electron chi connectivity index (χ1n) is 9.77. The van der Waals surface area contributed by atoms with Gasteiger partial charge in [-0.1, -0.05) is 71.1 Å². The maximum atomic E-state index is 10.9. The lowest BCUT2D eigenvalue weighted by Crippen LogP contribution is -2.38. The van der Waals surface area contributed by atoms with Crippen LogP contribution in [0.4, 0.5) is 0 Å². The van der Waals surface area contributed by atoms with E-state index >= 15 is 0 Å². The van der Waals surface area contributed by atoms with Gasteiger partial charge in [0, 0.05) is 6.54 Å². The van der Waals surface area contributed by atoms with Crippen LogP contribution >= 0.6 is 0 Å². The molecule has 0 aliphatic carbocycles. The van der Waals surface area contributed by atoms with Gasteiger partial charge in [0.15, 0.2) is 0 Å². The maximum Gasteiger partial charge on any atom is 0.310 e. The number of carboxylic acids is 1. The van der Waals surface area contributed by atoms with Crippen LogP contribution in [0.5, 0.6) is 0 Å². The summed E-state index contributed by atoms with van der Waals surface area (Å²) in [6.07, 6.45) is 13.4. The number of aliphatic imine (C=N–C) groups is 1. The first kappa shape index (κ1) is 20.9. The molecule has 1 rings (SSSR count). The Morgan fingerprint density at radius 3 is 2.17 bits per heavy atom. The predicted octanol–water partition coefficient (Wildman–Crippen LogP) is 4.19. The van der Waals surface area contributed by atoms with Gasteiger partial charge in [0.2, 0.25) is 0 Å². The van der Waals surface area contributed by atoms with E-state index in [1.54, 1.807) is 11.8 Å². The fourth-order valence-corrected chi connectivity index (χ4v) is 3.33. The van der Waals surface area contributed by atoms with Crippen molar-refractivity contribution in [2.75, 3.05) is 6.54 Å². The van der Waals surface area contributed by atoms with Crippen molar-refractivity contribution in [1.29, 1.82) is 0 Å². The van der Waals surface area contributed by atoms with Crippen LogP contribution in [-0.2, 0) is 4.79 Å². The van der Waals surface area contributed by atoms with Crippen molar-refractivity contribution >= 4 is 11.8 Å². The molecule has 1 heterocycles. The average Bonchev–Trinajstić information content (AvgIpc) is 2.91. The Labute approximate surface area is 147 Å². The zero-order valence-electron chi connectivity index (χ0n) is 15.5. The zero-order chi connectivity index (χ0) is 17.8. The highest BCUT2D eigenvalue weighted by Crippen LogP contribution is 2.19. The van der Waals surface area contributed by atoms with E-state index in [0.717, 1.165) is 12.8 Å². The summed E-state index contributed by atoms with van der Waals surface area (Å²) in [5.41, 5.74) is 0. The Morgan fingerprint density at radius 2 is 1.67 bits per heavy atom. The van der Waals surface area contributed by atoms with Gasteiger partial charge in [-0.05, 0) is 13.3 Å². The summed E-state index contributed by atoms with van der Waals surface area (Å²) in [5.74, 6) is -0.367. The Bertz CT molecular complexity index is 383. The number of aliphatic carboxylic acids is 1. The number of aliphatic hydroxyl groups excluding tert-OH is 1. The first-order valence-corrected chi connectivity index (χ1v) is 9.77. The molecule has 0 aromatic carbocycles. The van der Waals surface area contributed by atoms with E-state index in [1.807, 2.05) is 0 Å². The van der Waals surface area contributed by atoms with Crippen LogP contribution in [0.3, 0.4) is 0 Å². The normalized spacial score (nSPS) is 18.7. The van der Waals surface area contributed by atoms with E-state index in [2.05, 4.69) is 11.9 Å². The van der Waals surface area contributed by atoms with Crippen LogP contribution in [0.2, 0.25) is 0 Å². The zero-order valence-corrected chi connectivity index (χ0v) is 15.5. The minimum Gasteiger partial charge on any atom is -0.481 e. The van der Waals surface area contributed by atoms with Gasteiger partial charge >= 0.3 is 5.97 Å². The second-order valence-corrected chi connectivity index (χ2v) is 7.02. The lowest BCUT2D eigenvalue weighted by molar-refractivity contribution is -0.135. The molecule has 0 saturated heterocycles. The summed E-state index contributed by atoms with van der Waals surface area (Å²) in [7, 11) is 0. The highest BCUT2D eigenvalue weighted by atomic mass is 16.4. The number of amidine groups is 1. The number of hydrogen-bond donors (Lipinski definition) is 2. The fraction of sp³-hybridized carbons (Fsp3) is 0.895. The lowest BCUT2D eigenvalue weighted by atomic mass is 10.0. The largest absolute Gasteiger partial charge is 0.481 e. The minimum atomic E-state index is -0.890. The van der Waals surface area contributed by atoms with E-state index in [4.69, 9.17) is 5.11 Å². The number of aliphatic hydroxyl groups is 1. The third-order valence-corrected chi connectivity index (χ3v) is 4.72. The fourth-order valence-electron chi connectivity index (χ4n) is 3.33. The SMILES string of the molecule is CCCCCCCCCCCCC1CN(C(C)O)C(CC(=O)O)=N1. The van der Waals surface area contributed by atoms with E-state index in [-0.39, 0.29) is 12.5 Å². The average molecular weight is 341 g/mol. The summed E-state index contributed by atoms with van der Waals surface area (Å²) in [6, 6.07) is 0.142. The highest BCUT2D eigenvalue weighted by Gasteiger charge is 2.28. The number of hydrogen-bond acceptors (Lipinski definition) is 4. The summed E-state index contributed by atoms with van der Waals surface area (Å²) in [5, 5.41) is 18.7. The molecule has 0 amide bonds. The topological polar surface area (TPSA) is 73.1 Å². The van der Waals surface area contributed by atoms with Crippen molar-refractivity contribution in [3.8, 4) is 0 Å². The van der Waals surface area contributed by atoms with Gasteiger partial charge in [-0.15, -0.1) is 0 Å². The molecule has 0 bridgehead atoms. The molecule has 140 valence electrons. The molecule has 1 aliphatic heterocycles. The van der Waals surface area contributed by atoms with Crippen LogP contribution < -0.4 is 0 Å². The van der Waals surface area contributed by atoms with Crippen molar-refractivity contribution in [3.05, 3.63) is 0 Å². The van der Waals surface area contributed by atoms with Gasteiger partial charge < -0.3 is 15.1 Å². The molecule has 24 heavy (non-hydrogen) atoms. The smallest absolute Gasteiger partial charge is 0.310 e. The Hall–Kier alpha value is -1.10. The molecule has 0 saturated carbocycles. The van der Waals surface area contributed by atoms with Gasteiger partial charge in [0.05, 0.1) is 6.04 Å². The van der Waals surface area contributed by atoms with Crippen molar-refractivity contribution in [2.45, 2.75) is 103 Å². The molecule has 5 nitrogen and oxygen atoms in total. The van der Waals surface area contributed by atoms with Crippen LogP contribution in [-0.4, -0.2) is 45.7 Å².